The molecule has 0 aliphatic heterocycles. The fourth-order valence-electron chi connectivity index (χ4n) is 3.69. The van der Waals surface area contributed by atoms with Gasteiger partial charge in [0, 0.05) is 0 Å². The van der Waals surface area contributed by atoms with Gasteiger partial charge in [0.1, 0.15) is 0 Å². The largest absolute Gasteiger partial charge is 0.319 e. The Morgan fingerprint density at radius 2 is 1.77 bits per heavy atom. The summed E-state index contributed by atoms with van der Waals surface area (Å²) >= 11 is 0. The van der Waals surface area contributed by atoms with E-state index in [1.807, 2.05) is 0 Å². The van der Waals surface area contributed by atoms with E-state index in [1.54, 1.807) is 0 Å². The Morgan fingerprint density at radius 1 is 1.08 bits per heavy atom. The number of hydrogen-bond donors (Lipinski definition) is 1. The number of hydrogen-bond acceptors (Lipinski definition) is 1. The maximum absolute atomic E-state index is 3.38. The van der Waals surface area contributed by atoms with Crippen LogP contribution in [0.1, 0.15) is 51.4 Å². The molecule has 0 heterocycles. The molecule has 2 saturated carbocycles. The van der Waals surface area contributed by atoms with E-state index in [2.05, 4.69) is 12.4 Å². The summed E-state index contributed by atoms with van der Waals surface area (Å²) in [6.07, 6.45) is 12.1. The van der Waals surface area contributed by atoms with Crippen LogP contribution in [0.2, 0.25) is 0 Å². The van der Waals surface area contributed by atoms with Gasteiger partial charge in [-0.2, -0.15) is 0 Å². The van der Waals surface area contributed by atoms with Gasteiger partial charge in [-0.15, -0.1) is 0 Å². The van der Waals surface area contributed by atoms with Gasteiger partial charge in [-0.05, 0) is 50.6 Å². The summed E-state index contributed by atoms with van der Waals surface area (Å²) in [6, 6.07) is 0. The minimum Gasteiger partial charge on any atom is -0.319 e. The van der Waals surface area contributed by atoms with Crippen molar-refractivity contribution in [3.05, 3.63) is 0 Å². The Hall–Kier alpha value is -0.0400. The van der Waals surface area contributed by atoms with E-state index in [0.29, 0.717) is 0 Å². The second kappa shape index (κ2) is 4.00. The summed E-state index contributed by atoms with van der Waals surface area (Å²) in [5, 5.41) is 3.38. The molecule has 1 spiro atoms. The van der Waals surface area contributed by atoms with Crippen molar-refractivity contribution in [1.82, 2.24) is 5.32 Å². The lowest BCUT2D eigenvalue weighted by Gasteiger charge is -2.39. The van der Waals surface area contributed by atoms with E-state index in [0.717, 1.165) is 11.3 Å². The molecule has 1 atom stereocenters. The third kappa shape index (κ3) is 1.76. The Balaban J connectivity index is 2.00. The topological polar surface area (TPSA) is 12.0 Å². The molecule has 1 heteroatoms. The van der Waals surface area contributed by atoms with Gasteiger partial charge < -0.3 is 5.32 Å². The molecule has 13 heavy (non-hydrogen) atoms. The van der Waals surface area contributed by atoms with Gasteiger partial charge in [0.25, 0.3) is 0 Å². The molecule has 0 aromatic rings. The van der Waals surface area contributed by atoms with Crippen molar-refractivity contribution >= 4 is 0 Å². The third-order valence-electron chi connectivity index (χ3n) is 4.39. The van der Waals surface area contributed by atoms with E-state index in [9.17, 15) is 0 Å². The summed E-state index contributed by atoms with van der Waals surface area (Å²) in [4.78, 5) is 0. The van der Waals surface area contributed by atoms with Crippen molar-refractivity contribution in [1.29, 1.82) is 0 Å². The van der Waals surface area contributed by atoms with Gasteiger partial charge in [-0.25, -0.2) is 0 Å². The van der Waals surface area contributed by atoms with Gasteiger partial charge >= 0.3 is 0 Å². The smallest absolute Gasteiger partial charge is 0.00182 e. The minimum atomic E-state index is 0.779. The lowest BCUT2D eigenvalue weighted by Crippen LogP contribution is -2.34. The number of rotatable bonds is 2. The first kappa shape index (κ1) is 9.51. The molecule has 1 unspecified atom stereocenters. The maximum atomic E-state index is 3.38. The summed E-state index contributed by atoms with van der Waals surface area (Å²) in [7, 11) is 2.11. The van der Waals surface area contributed by atoms with Gasteiger partial charge in [-0.1, -0.05) is 25.7 Å². The molecule has 0 aromatic carbocycles. The standard InChI is InChI=1S/C12H23N/c1-13-10-11-6-5-9-12(11)7-3-2-4-8-12/h11,13H,2-10H2,1H3. The molecule has 2 fully saturated rings. The van der Waals surface area contributed by atoms with Crippen molar-refractivity contribution in [3.8, 4) is 0 Å². The van der Waals surface area contributed by atoms with Crippen LogP contribution in [-0.2, 0) is 0 Å². The molecule has 0 radical (unpaired) electrons. The van der Waals surface area contributed by atoms with Crippen LogP contribution < -0.4 is 5.32 Å². The van der Waals surface area contributed by atoms with Crippen LogP contribution in [0.4, 0.5) is 0 Å². The number of nitrogens with one attached hydrogen (secondary N) is 1. The normalized spacial score (nSPS) is 32.5. The SMILES string of the molecule is CNCC1CCCC12CCCCC2. The van der Waals surface area contributed by atoms with Crippen LogP contribution in [-0.4, -0.2) is 13.6 Å². The second-order valence-corrected chi connectivity index (χ2v) is 5.07. The molecule has 1 nitrogen and oxygen atoms in total. The highest BCUT2D eigenvalue weighted by atomic mass is 14.8. The van der Waals surface area contributed by atoms with E-state index in [4.69, 9.17) is 0 Å². The minimum absolute atomic E-state index is 0.779. The first-order valence-electron chi connectivity index (χ1n) is 6.02. The quantitative estimate of drug-likeness (QED) is 0.690. The van der Waals surface area contributed by atoms with Crippen molar-refractivity contribution < 1.29 is 0 Å². The summed E-state index contributed by atoms with van der Waals surface area (Å²) in [5.74, 6) is 0.998. The predicted octanol–water partition coefficient (Wildman–Crippen LogP) is 2.96. The Labute approximate surface area is 82.3 Å². The molecule has 2 aliphatic carbocycles. The van der Waals surface area contributed by atoms with Gasteiger partial charge in [0.05, 0.1) is 0 Å². The van der Waals surface area contributed by atoms with Crippen LogP contribution in [0.15, 0.2) is 0 Å². The Bertz CT molecular complexity index is 159. The fraction of sp³-hybridized carbons (Fsp3) is 1.00. The lowest BCUT2D eigenvalue weighted by molar-refractivity contribution is 0.127. The van der Waals surface area contributed by atoms with Gasteiger partial charge in [-0.3, -0.25) is 0 Å². The fourth-order valence-corrected chi connectivity index (χ4v) is 3.69. The average molecular weight is 181 g/mol. The molecular formula is C12H23N. The zero-order chi connectivity index (χ0) is 9.15. The average Bonchev–Trinajstić information content (AvgIpc) is 2.52. The molecule has 1 N–H and O–H groups in total. The molecule has 0 amide bonds. The molecule has 0 aromatic heterocycles. The predicted molar refractivity (Wildman–Crippen MR) is 56.8 cm³/mol. The molecule has 0 bridgehead atoms. The first-order chi connectivity index (χ1) is 6.37. The monoisotopic (exact) mass is 181 g/mol. The van der Waals surface area contributed by atoms with Crippen LogP contribution in [0, 0.1) is 11.3 Å². The Morgan fingerprint density at radius 3 is 2.46 bits per heavy atom. The zero-order valence-electron chi connectivity index (χ0n) is 8.94. The maximum Gasteiger partial charge on any atom is -0.00182 e. The van der Waals surface area contributed by atoms with Crippen molar-refractivity contribution in [2.24, 2.45) is 11.3 Å². The highest BCUT2D eigenvalue weighted by Crippen LogP contribution is 2.52. The third-order valence-corrected chi connectivity index (χ3v) is 4.39. The van der Waals surface area contributed by atoms with Crippen molar-refractivity contribution in [2.45, 2.75) is 51.4 Å². The van der Waals surface area contributed by atoms with Gasteiger partial charge in [0.15, 0.2) is 0 Å². The molecular weight excluding hydrogens is 158 g/mol. The van der Waals surface area contributed by atoms with Crippen LogP contribution in [0.5, 0.6) is 0 Å². The van der Waals surface area contributed by atoms with Crippen molar-refractivity contribution in [3.63, 3.8) is 0 Å². The summed E-state index contributed by atoms with van der Waals surface area (Å²) in [5.41, 5.74) is 0.779. The van der Waals surface area contributed by atoms with E-state index in [1.165, 1.54) is 57.9 Å². The second-order valence-electron chi connectivity index (χ2n) is 5.07. The van der Waals surface area contributed by atoms with Crippen molar-refractivity contribution in [2.75, 3.05) is 13.6 Å². The lowest BCUT2D eigenvalue weighted by atomic mass is 9.67. The molecule has 2 aliphatic rings. The first-order valence-corrected chi connectivity index (χ1v) is 6.02. The summed E-state index contributed by atoms with van der Waals surface area (Å²) in [6.45, 7) is 1.26. The van der Waals surface area contributed by atoms with Crippen LogP contribution in [0.25, 0.3) is 0 Å². The van der Waals surface area contributed by atoms with Crippen LogP contribution in [0.3, 0.4) is 0 Å². The highest BCUT2D eigenvalue weighted by Gasteiger charge is 2.42. The van der Waals surface area contributed by atoms with Crippen LogP contribution >= 0.6 is 0 Å². The van der Waals surface area contributed by atoms with E-state index < -0.39 is 0 Å². The van der Waals surface area contributed by atoms with E-state index >= 15 is 0 Å². The molecule has 0 saturated heterocycles. The van der Waals surface area contributed by atoms with E-state index in [-0.39, 0.29) is 0 Å². The summed E-state index contributed by atoms with van der Waals surface area (Å²) < 4.78 is 0. The van der Waals surface area contributed by atoms with Gasteiger partial charge in [0.2, 0.25) is 0 Å². The molecule has 76 valence electrons. The highest BCUT2D eigenvalue weighted by molar-refractivity contribution is 4.94. The molecule has 2 rings (SSSR count). The Kier molecular flexibility index (Phi) is 2.92. The zero-order valence-corrected chi connectivity index (χ0v) is 8.94.